The van der Waals surface area contributed by atoms with E-state index >= 15 is 0 Å². The largest absolute Gasteiger partial charge is 0.410 e. The highest BCUT2D eigenvalue weighted by Gasteiger charge is 2.21. The topological polar surface area (TPSA) is 84.7 Å². The van der Waals surface area contributed by atoms with Gasteiger partial charge in [0.2, 0.25) is 0 Å². The van der Waals surface area contributed by atoms with Gasteiger partial charge in [0.15, 0.2) is 0 Å². The lowest BCUT2D eigenvalue weighted by Crippen LogP contribution is -2.09. The Kier molecular flexibility index (Phi) is 4.37. The van der Waals surface area contributed by atoms with E-state index in [1.165, 1.54) is 40.0 Å². The number of thioether (sulfide) groups is 1. The summed E-state index contributed by atoms with van der Waals surface area (Å²) in [6.07, 6.45) is 3.52. The molecule has 5 rings (SSSR count). The molecule has 0 radical (unpaired) electrons. The summed E-state index contributed by atoms with van der Waals surface area (Å²) in [5.41, 5.74) is 2.05. The van der Waals surface area contributed by atoms with Crippen LogP contribution in [0.4, 0.5) is 0 Å². The molecule has 0 saturated carbocycles. The van der Waals surface area contributed by atoms with Gasteiger partial charge in [-0.1, -0.05) is 18.7 Å². The highest BCUT2D eigenvalue weighted by atomic mass is 32.2. The molecule has 4 aromatic rings. The molecule has 0 aromatic carbocycles. The molecule has 138 valence electrons. The minimum atomic E-state index is -0.102. The van der Waals surface area contributed by atoms with Gasteiger partial charge < -0.3 is 9.40 Å². The van der Waals surface area contributed by atoms with E-state index in [1.807, 2.05) is 11.4 Å². The molecule has 0 saturated heterocycles. The second kappa shape index (κ2) is 6.88. The first-order chi connectivity index (χ1) is 13.2. The van der Waals surface area contributed by atoms with Gasteiger partial charge in [0.1, 0.15) is 10.5 Å². The van der Waals surface area contributed by atoms with Crippen LogP contribution in [0.5, 0.6) is 0 Å². The van der Waals surface area contributed by atoms with Crippen LogP contribution in [-0.4, -0.2) is 20.2 Å². The normalized spacial score (nSPS) is 16.7. The Morgan fingerprint density at radius 3 is 3.26 bits per heavy atom. The second-order valence-electron chi connectivity index (χ2n) is 6.72. The average Bonchev–Trinajstić information content (AvgIpc) is 3.38. The van der Waals surface area contributed by atoms with Crippen molar-refractivity contribution in [2.75, 3.05) is 0 Å². The summed E-state index contributed by atoms with van der Waals surface area (Å²) in [5, 5.41) is 10.7. The Morgan fingerprint density at radius 1 is 1.41 bits per heavy atom. The fourth-order valence-corrected chi connectivity index (χ4v) is 5.79. The van der Waals surface area contributed by atoms with Gasteiger partial charge in [0.05, 0.1) is 16.1 Å². The summed E-state index contributed by atoms with van der Waals surface area (Å²) in [5.74, 6) is 2.39. The van der Waals surface area contributed by atoms with E-state index in [9.17, 15) is 4.79 Å². The minimum absolute atomic E-state index is 0.102. The predicted octanol–water partition coefficient (Wildman–Crippen LogP) is 4.51. The van der Waals surface area contributed by atoms with Gasteiger partial charge in [-0.25, -0.2) is 4.98 Å². The Morgan fingerprint density at radius 2 is 2.33 bits per heavy atom. The number of hydrogen-bond donors (Lipinski definition) is 1. The van der Waals surface area contributed by atoms with Crippen molar-refractivity contribution in [1.82, 2.24) is 20.2 Å². The maximum atomic E-state index is 12.0. The van der Waals surface area contributed by atoms with Crippen LogP contribution in [0.15, 0.2) is 31.9 Å². The first-order valence-electron chi connectivity index (χ1n) is 8.70. The summed E-state index contributed by atoms with van der Waals surface area (Å²) in [6, 6.07) is 4.05. The number of aromatic nitrogens is 4. The number of rotatable bonds is 4. The van der Waals surface area contributed by atoms with Crippen molar-refractivity contribution in [1.29, 1.82) is 0 Å². The molecule has 6 nitrogen and oxygen atoms in total. The third-order valence-electron chi connectivity index (χ3n) is 4.64. The molecule has 0 unspecified atom stereocenters. The standard InChI is InChI=1S/C18H16N4O2S3/c1-9-2-3-12-10(6-9)7-13(27-12)17-21-22-18(24-17)26-8-14-19-11-4-5-25-15(11)16(23)20-14/h4-5,7,9H,2-3,6,8H2,1H3,(H,19,20,23)/t9-/m0/s1. The quantitative estimate of drug-likeness (QED) is 0.493. The SMILES string of the molecule is C[C@H]1CCc2sc(-c3nnc(SCc4nc5ccsc5c(=O)[nH]4)o3)cc2C1. The lowest BCUT2D eigenvalue weighted by atomic mass is 9.90. The van der Waals surface area contributed by atoms with E-state index in [-0.39, 0.29) is 5.56 Å². The molecule has 4 heterocycles. The van der Waals surface area contributed by atoms with Crippen molar-refractivity contribution < 1.29 is 4.42 Å². The first-order valence-corrected chi connectivity index (χ1v) is 11.4. The third kappa shape index (κ3) is 3.35. The molecule has 1 N–H and O–H groups in total. The molecule has 1 atom stereocenters. The molecule has 0 fully saturated rings. The van der Waals surface area contributed by atoms with Gasteiger partial charge in [-0.15, -0.1) is 32.9 Å². The number of nitrogens with one attached hydrogen (secondary N) is 1. The van der Waals surface area contributed by atoms with E-state index in [1.54, 1.807) is 11.3 Å². The number of aromatic amines is 1. The number of thiophene rings is 2. The van der Waals surface area contributed by atoms with Gasteiger partial charge in [0, 0.05) is 4.88 Å². The van der Waals surface area contributed by atoms with E-state index in [0.717, 1.165) is 29.2 Å². The number of nitrogens with zero attached hydrogens (tertiary/aromatic N) is 3. The lowest BCUT2D eigenvalue weighted by molar-refractivity contribution is 0.466. The molecular weight excluding hydrogens is 400 g/mol. The van der Waals surface area contributed by atoms with E-state index in [4.69, 9.17) is 4.42 Å². The summed E-state index contributed by atoms with van der Waals surface area (Å²) in [4.78, 5) is 21.8. The average molecular weight is 417 g/mol. The summed E-state index contributed by atoms with van der Waals surface area (Å²) in [7, 11) is 0. The molecule has 4 aromatic heterocycles. The van der Waals surface area contributed by atoms with Crippen molar-refractivity contribution in [3.05, 3.63) is 44.1 Å². The summed E-state index contributed by atoms with van der Waals surface area (Å²) >= 11 is 4.53. The van der Waals surface area contributed by atoms with Gasteiger partial charge in [0.25, 0.3) is 16.7 Å². The van der Waals surface area contributed by atoms with Gasteiger partial charge >= 0.3 is 0 Å². The zero-order valence-corrected chi connectivity index (χ0v) is 17.0. The zero-order chi connectivity index (χ0) is 18.4. The fraction of sp³-hybridized carbons (Fsp3) is 0.333. The van der Waals surface area contributed by atoms with Crippen LogP contribution in [0.1, 0.15) is 29.6 Å². The Balaban J connectivity index is 1.33. The predicted molar refractivity (Wildman–Crippen MR) is 109 cm³/mol. The molecule has 0 amide bonds. The smallest absolute Gasteiger partial charge is 0.277 e. The van der Waals surface area contributed by atoms with Crippen molar-refractivity contribution in [3.63, 3.8) is 0 Å². The van der Waals surface area contributed by atoms with Crippen LogP contribution in [0.3, 0.4) is 0 Å². The summed E-state index contributed by atoms with van der Waals surface area (Å²) in [6.45, 7) is 2.30. The molecule has 0 aliphatic heterocycles. The first kappa shape index (κ1) is 17.2. The fourth-order valence-electron chi connectivity index (χ4n) is 3.30. The zero-order valence-electron chi connectivity index (χ0n) is 14.5. The lowest BCUT2D eigenvalue weighted by Gasteiger charge is -2.16. The number of aryl methyl sites for hydroxylation is 1. The highest BCUT2D eigenvalue weighted by molar-refractivity contribution is 7.98. The van der Waals surface area contributed by atoms with Crippen LogP contribution < -0.4 is 5.56 Å². The Bertz CT molecular complexity index is 1170. The van der Waals surface area contributed by atoms with Crippen molar-refractivity contribution in [3.8, 4) is 10.8 Å². The van der Waals surface area contributed by atoms with Crippen molar-refractivity contribution in [2.24, 2.45) is 5.92 Å². The molecule has 1 aliphatic carbocycles. The van der Waals surface area contributed by atoms with Gasteiger partial charge in [-0.05, 0) is 48.3 Å². The van der Waals surface area contributed by atoms with E-state index in [0.29, 0.717) is 27.4 Å². The van der Waals surface area contributed by atoms with Crippen molar-refractivity contribution >= 4 is 44.7 Å². The maximum absolute atomic E-state index is 12.0. The van der Waals surface area contributed by atoms with Crippen LogP contribution in [0.25, 0.3) is 21.0 Å². The molecule has 0 spiro atoms. The number of fused-ring (bicyclic) bond motifs is 2. The summed E-state index contributed by atoms with van der Waals surface area (Å²) < 4.78 is 6.48. The number of H-pyrrole nitrogens is 1. The maximum Gasteiger partial charge on any atom is 0.277 e. The molecule has 27 heavy (non-hydrogen) atoms. The van der Waals surface area contributed by atoms with Crippen molar-refractivity contribution in [2.45, 2.75) is 37.2 Å². The van der Waals surface area contributed by atoms with Crippen LogP contribution >= 0.6 is 34.4 Å². The van der Waals surface area contributed by atoms with E-state index < -0.39 is 0 Å². The van der Waals surface area contributed by atoms with Crippen LogP contribution in [0.2, 0.25) is 0 Å². The Hall–Kier alpha value is -1.97. The molecule has 1 aliphatic rings. The van der Waals surface area contributed by atoms with Gasteiger partial charge in [-0.3, -0.25) is 4.79 Å². The third-order valence-corrected chi connectivity index (χ3v) is 7.60. The second-order valence-corrected chi connectivity index (χ2v) is 9.70. The molecule has 0 bridgehead atoms. The highest BCUT2D eigenvalue weighted by Crippen LogP contribution is 2.37. The van der Waals surface area contributed by atoms with E-state index in [2.05, 4.69) is 33.2 Å². The van der Waals surface area contributed by atoms with Gasteiger partial charge in [-0.2, -0.15) is 0 Å². The van der Waals surface area contributed by atoms with Crippen LogP contribution in [-0.2, 0) is 18.6 Å². The number of hydrogen-bond acceptors (Lipinski definition) is 8. The molecule has 9 heteroatoms. The van der Waals surface area contributed by atoms with Crippen LogP contribution in [0, 0.1) is 5.92 Å². The Labute approximate surface area is 167 Å². The molecular formula is C18H16N4O2S3. The minimum Gasteiger partial charge on any atom is -0.410 e. The monoisotopic (exact) mass is 416 g/mol.